The lowest BCUT2D eigenvalue weighted by Crippen LogP contribution is -2.36. The van der Waals surface area contributed by atoms with Crippen molar-refractivity contribution in [3.63, 3.8) is 0 Å². The normalized spacial score (nSPS) is 25.4. The largest absolute Gasteiger partial charge is 0.444 e. The second-order valence-corrected chi connectivity index (χ2v) is 5.95. The highest BCUT2D eigenvalue weighted by Gasteiger charge is 2.22. The summed E-state index contributed by atoms with van der Waals surface area (Å²) in [5, 5.41) is 11.9. The summed E-state index contributed by atoms with van der Waals surface area (Å²) >= 11 is 0. The number of aliphatic hydroxyl groups excluding tert-OH is 1. The van der Waals surface area contributed by atoms with E-state index in [1.165, 1.54) is 0 Å². The topological polar surface area (TPSA) is 58.6 Å². The van der Waals surface area contributed by atoms with E-state index in [0.717, 1.165) is 25.7 Å². The van der Waals surface area contributed by atoms with Crippen LogP contribution in [0.4, 0.5) is 4.79 Å². The predicted molar refractivity (Wildman–Crippen MR) is 66.8 cm³/mol. The number of carbonyl (C=O) groups excluding carboxylic acids is 1. The Balaban J connectivity index is 2.17. The van der Waals surface area contributed by atoms with Crippen LogP contribution in [0.1, 0.15) is 46.5 Å². The van der Waals surface area contributed by atoms with Crippen molar-refractivity contribution >= 4 is 6.09 Å². The van der Waals surface area contributed by atoms with E-state index in [2.05, 4.69) is 5.32 Å². The number of hydrogen-bond donors (Lipinski definition) is 2. The van der Waals surface area contributed by atoms with E-state index in [1.807, 2.05) is 20.8 Å². The van der Waals surface area contributed by atoms with Crippen LogP contribution < -0.4 is 5.32 Å². The third kappa shape index (κ3) is 5.91. The fourth-order valence-corrected chi connectivity index (χ4v) is 2.16. The van der Waals surface area contributed by atoms with Gasteiger partial charge in [0.15, 0.2) is 0 Å². The summed E-state index contributed by atoms with van der Waals surface area (Å²) < 4.78 is 5.18. The van der Waals surface area contributed by atoms with Crippen LogP contribution in [0.15, 0.2) is 0 Å². The van der Waals surface area contributed by atoms with Gasteiger partial charge < -0.3 is 15.2 Å². The van der Waals surface area contributed by atoms with Crippen LogP contribution in [0.25, 0.3) is 0 Å². The molecule has 1 rings (SSSR count). The molecule has 0 spiro atoms. The molecule has 0 aliphatic heterocycles. The van der Waals surface area contributed by atoms with Gasteiger partial charge in [-0.15, -0.1) is 0 Å². The van der Waals surface area contributed by atoms with Gasteiger partial charge in [-0.05, 0) is 58.3 Å². The van der Waals surface area contributed by atoms with Crippen molar-refractivity contribution in [3.05, 3.63) is 0 Å². The van der Waals surface area contributed by atoms with E-state index >= 15 is 0 Å². The Labute approximate surface area is 104 Å². The van der Waals surface area contributed by atoms with Gasteiger partial charge in [-0.25, -0.2) is 4.79 Å². The van der Waals surface area contributed by atoms with E-state index in [9.17, 15) is 4.79 Å². The molecule has 17 heavy (non-hydrogen) atoms. The number of alkyl carbamates (subject to hydrolysis) is 1. The van der Waals surface area contributed by atoms with Gasteiger partial charge in [-0.3, -0.25) is 0 Å². The first-order chi connectivity index (χ1) is 7.90. The lowest BCUT2D eigenvalue weighted by atomic mass is 9.82. The van der Waals surface area contributed by atoms with Gasteiger partial charge in [0.2, 0.25) is 0 Å². The molecule has 1 saturated carbocycles. The molecule has 1 fully saturated rings. The van der Waals surface area contributed by atoms with E-state index in [-0.39, 0.29) is 6.09 Å². The first kappa shape index (κ1) is 14.3. The second kappa shape index (κ2) is 6.24. The van der Waals surface area contributed by atoms with Crippen molar-refractivity contribution in [2.24, 2.45) is 11.8 Å². The smallest absolute Gasteiger partial charge is 0.407 e. The van der Waals surface area contributed by atoms with Crippen molar-refractivity contribution in [3.8, 4) is 0 Å². The van der Waals surface area contributed by atoms with E-state index < -0.39 is 5.60 Å². The van der Waals surface area contributed by atoms with Crippen LogP contribution in [-0.4, -0.2) is 30.0 Å². The molecule has 1 amide bonds. The van der Waals surface area contributed by atoms with Gasteiger partial charge in [0.1, 0.15) is 5.60 Å². The fourth-order valence-electron chi connectivity index (χ4n) is 2.16. The summed E-state index contributed by atoms with van der Waals surface area (Å²) in [6, 6.07) is 0. The maximum atomic E-state index is 11.4. The van der Waals surface area contributed by atoms with Gasteiger partial charge in [0.25, 0.3) is 0 Å². The van der Waals surface area contributed by atoms with Crippen molar-refractivity contribution in [2.45, 2.75) is 52.1 Å². The highest BCUT2D eigenvalue weighted by molar-refractivity contribution is 5.67. The van der Waals surface area contributed by atoms with Crippen LogP contribution in [-0.2, 0) is 4.74 Å². The molecule has 1 aliphatic carbocycles. The molecular weight excluding hydrogens is 218 g/mol. The second-order valence-electron chi connectivity index (χ2n) is 5.95. The Kier molecular flexibility index (Phi) is 5.25. The molecule has 2 N–H and O–H groups in total. The minimum atomic E-state index is -0.432. The third-order valence-corrected chi connectivity index (χ3v) is 3.16. The molecule has 100 valence electrons. The molecule has 0 heterocycles. The zero-order chi connectivity index (χ0) is 12.9. The Hall–Kier alpha value is -0.770. The summed E-state index contributed by atoms with van der Waals surface area (Å²) in [5.74, 6) is 0.998. The molecule has 0 aromatic heterocycles. The molecule has 4 nitrogen and oxygen atoms in total. The van der Waals surface area contributed by atoms with Gasteiger partial charge in [-0.2, -0.15) is 0 Å². The average Bonchev–Trinajstić information content (AvgIpc) is 2.25. The molecule has 1 aliphatic rings. The summed E-state index contributed by atoms with van der Waals surface area (Å²) in [7, 11) is 0. The Morgan fingerprint density at radius 2 is 1.76 bits per heavy atom. The van der Waals surface area contributed by atoms with Gasteiger partial charge in [-0.1, -0.05) is 0 Å². The van der Waals surface area contributed by atoms with Crippen LogP contribution in [0.2, 0.25) is 0 Å². The quantitative estimate of drug-likeness (QED) is 0.799. The number of amides is 1. The maximum absolute atomic E-state index is 11.4. The number of aliphatic hydroxyl groups is 1. The van der Waals surface area contributed by atoms with Crippen molar-refractivity contribution < 1.29 is 14.6 Å². The first-order valence-corrected chi connectivity index (χ1v) is 6.48. The molecule has 4 heteroatoms. The molecule has 0 saturated heterocycles. The molecule has 0 unspecified atom stereocenters. The lowest BCUT2D eigenvalue weighted by Gasteiger charge is -2.27. The van der Waals surface area contributed by atoms with Crippen LogP contribution in [0.3, 0.4) is 0 Å². The van der Waals surface area contributed by atoms with Crippen LogP contribution >= 0.6 is 0 Å². The minimum Gasteiger partial charge on any atom is -0.444 e. The fraction of sp³-hybridized carbons (Fsp3) is 0.923. The number of hydrogen-bond acceptors (Lipinski definition) is 3. The predicted octanol–water partition coefficient (Wildman–Crippen LogP) is 2.31. The number of carbonyl (C=O) groups is 1. The summed E-state index contributed by atoms with van der Waals surface area (Å²) in [6.45, 7) is 6.57. The van der Waals surface area contributed by atoms with Gasteiger partial charge in [0.05, 0.1) is 0 Å². The zero-order valence-electron chi connectivity index (χ0n) is 11.2. The van der Waals surface area contributed by atoms with Crippen molar-refractivity contribution in [2.75, 3.05) is 13.2 Å². The number of ether oxygens (including phenoxy) is 1. The summed E-state index contributed by atoms with van der Waals surface area (Å²) in [5.41, 5.74) is -0.432. The van der Waals surface area contributed by atoms with E-state index in [4.69, 9.17) is 9.84 Å². The standard InChI is InChI=1S/C13H25NO3/c1-13(2,3)17-12(16)14-8-10-4-6-11(9-15)7-5-10/h10-11,15H,4-9H2,1-3H3,(H,14,16). The Morgan fingerprint density at radius 3 is 2.24 bits per heavy atom. The van der Waals surface area contributed by atoms with Gasteiger partial charge in [0, 0.05) is 13.2 Å². The van der Waals surface area contributed by atoms with Crippen LogP contribution in [0.5, 0.6) is 0 Å². The van der Waals surface area contributed by atoms with Crippen molar-refractivity contribution in [1.29, 1.82) is 0 Å². The first-order valence-electron chi connectivity index (χ1n) is 6.48. The molecule has 0 bridgehead atoms. The third-order valence-electron chi connectivity index (χ3n) is 3.16. The lowest BCUT2D eigenvalue weighted by molar-refractivity contribution is 0.0510. The highest BCUT2D eigenvalue weighted by atomic mass is 16.6. The highest BCUT2D eigenvalue weighted by Crippen LogP contribution is 2.27. The van der Waals surface area contributed by atoms with E-state index in [1.54, 1.807) is 0 Å². The van der Waals surface area contributed by atoms with Crippen molar-refractivity contribution in [1.82, 2.24) is 5.32 Å². The van der Waals surface area contributed by atoms with Crippen LogP contribution in [0, 0.1) is 11.8 Å². The van der Waals surface area contributed by atoms with Gasteiger partial charge >= 0.3 is 6.09 Å². The Bertz CT molecular complexity index is 240. The molecule has 0 aromatic rings. The molecule has 0 aromatic carbocycles. The summed E-state index contributed by atoms with van der Waals surface area (Å²) in [4.78, 5) is 11.4. The Morgan fingerprint density at radius 1 is 1.24 bits per heavy atom. The van der Waals surface area contributed by atoms with E-state index in [0.29, 0.717) is 25.0 Å². The SMILES string of the molecule is CC(C)(C)OC(=O)NCC1CCC(CO)CC1. The molecule has 0 radical (unpaired) electrons. The maximum Gasteiger partial charge on any atom is 0.407 e. The molecule has 0 atom stereocenters. The monoisotopic (exact) mass is 243 g/mol. The number of nitrogens with one attached hydrogen (secondary N) is 1. The minimum absolute atomic E-state index is 0.298. The summed E-state index contributed by atoms with van der Waals surface area (Å²) in [6.07, 6.45) is 3.97. The average molecular weight is 243 g/mol. The number of rotatable bonds is 3. The zero-order valence-corrected chi connectivity index (χ0v) is 11.2. The molecular formula is C13H25NO3.